The van der Waals surface area contributed by atoms with Crippen LogP contribution in [0.3, 0.4) is 0 Å². The maximum atomic E-state index is 12.8. The van der Waals surface area contributed by atoms with Gasteiger partial charge in [0.1, 0.15) is 6.04 Å². The van der Waals surface area contributed by atoms with Crippen molar-refractivity contribution < 1.29 is 9.59 Å². The van der Waals surface area contributed by atoms with Gasteiger partial charge in [-0.15, -0.1) is 0 Å². The molecule has 0 radical (unpaired) electrons. The van der Waals surface area contributed by atoms with Gasteiger partial charge in [-0.2, -0.15) is 5.26 Å². The molecule has 1 atom stereocenters. The highest BCUT2D eigenvalue weighted by Crippen LogP contribution is 2.29. The summed E-state index contributed by atoms with van der Waals surface area (Å²) >= 11 is 0. The van der Waals surface area contributed by atoms with Gasteiger partial charge in [-0.25, -0.2) is 0 Å². The summed E-state index contributed by atoms with van der Waals surface area (Å²) in [4.78, 5) is 27.4. The molecule has 2 aliphatic rings. The molecular weight excluding hydrogens is 314 g/mol. The van der Waals surface area contributed by atoms with Crippen molar-refractivity contribution >= 4 is 17.5 Å². The third-order valence-corrected chi connectivity index (χ3v) is 5.30. The third kappa shape index (κ3) is 4.19. The molecule has 132 valence electrons. The topological polar surface area (TPSA) is 73.2 Å². The lowest BCUT2D eigenvalue weighted by Crippen LogP contribution is -2.51. The molecule has 1 aromatic carbocycles. The van der Waals surface area contributed by atoms with Gasteiger partial charge < -0.3 is 10.2 Å². The molecule has 1 saturated heterocycles. The van der Waals surface area contributed by atoms with Crippen LogP contribution in [0.1, 0.15) is 50.5 Å². The van der Waals surface area contributed by atoms with Gasteiger partial charge >= 0.3 is 0 Å². The number of benzene rings is 1. The molecule has 5 heteroatoms. The number of rotatable bonds is 4. The summed E-state index contributed by atoms with van der Waals surface area (Å²) in [5.41, 5.74) is 1.64. The normalized spacial score (nSPS) is 20.9. The molecule has 0 bridgehead atoms. The number of carbonyl (C=O) groups excluding carboxylic acids is 2. The van der Waals surface area contributed by atoms with Crippen LogP contribution in [0.25, 0.3) is 0 Å². The van der Waals surface area contributed by atoms with Gasteiger partial charge in [-0.05, 0) is 49.8 Å². The predicted molar refractivity (Wildman–Crippen MR) is 95.7 cm³/mol. The first-order valence-corrected chi connectivity index (χ1v) is 9.26. The lowest BCUT2D eigenvalue weighted by molar-refractivity contribution is -0.143. The molecule has 1 N–H and O–H groups in total. The predicted octanol–water partition coefficient (Wildman–Crippen LogP) is 3.26. The fraction of sp³-hybridized carbons (Fsp3) is 0.550. The van der Waals surface area contributed by atoms with Gasteiger partial charge in [-0.1, -0.05) is 25.0 Å². The van der Waals surface area contributed by atoms with Gasteiger partial charge in [0, 0.05) is 18.2 Å². The van der Waals surface area contributed by atoms with E-state index in [1.54, 1.807) is 0 Å². The van der Waals surface area contributed by atoms with Crippen molar-refractivity contribution in [1.29, 1.82) is 5.26 Å². The van der Waals surface area contributed by atoms with Crippen molar-refractivity contribution in [3.63, 3.8) is 0 Å². The summed E-state index contributed by atoms with van der Waals surface area (Å²) in [6.07, 6.45) is 7.22. The Morgan fingerprint density at radius 2 is 1.76 bits per heavy atom. The Morgan fingerprint density at radius 3 is 2.44 bits per heavy atom. The van der Waals surface area contributed by atoms with Crippen LogP contribution in [0.5, 0.6) is 0 Å². The largest absolute Gasteiger partial charge is 0.330 e. The zero-order valence-electron chi connectivity index (χ0n) is 14.5. The Balaban J connectivity index is 1.66. The first-order chi connectivity index (χ1) is 12.2. The zero-order valence-corrected chi connectivity index (χ0v) is 14.5. The van der Waals surface area contributed by atoms with Crippen LogP contribution < -0.4 is 5.32 Å². The highest BCUT2D eigenvalue weighted by atomic mass is 16.2. The molecule has 1 aromatic rings. The molecule has 1 aliphatic heterocycles. The summed E-state index contributed by atoms with van der Waals surface area (Å²) in [7, 11) is 0. The smallest absolute Gasteiger partial charge is 0.247 e. The van der Waals surface area contributed by atoms with E-state index in [0.717, 1.165) is 50.5 Å². The van der Waals surface area contributed by atoms with Crippen LogP contribution in [-0.2, 0) is 16.0 Å². The second kappa shape index (κ2) is 8.15. The van der Waals surface area contributed by atoms with Gasteiger partial charge in [0.25, 0.3) is 0 Å². The van der Waals surface area contributed by atoms with E-state index >= 15 is 0 Å². The number of carbonyl (C=O) groups is 2. The van der Waals surface area contributed by atoms with Gasteiger partial charge in [0.2, 0.25) is 11.8 Å². The second-order valence-corrected chi connectivity index (χ2v) is 7.05. The maximum Gasteiger partial charge on any atom is 0.247 e. The summed E-state index contributed by atoms with van der Waals surface area (Å²) in [5.74, 6) is 0.180. The van der Waals surface area contributed by atoms with E-state index in [0.29, 0.717) is 18.7 Å². The molecular formula is C20H25N3O2. The van der Waals surface area contributed by atoms with E-state index in [1.165, 1.54) is 0 Å². The standard InChI is InChI=1S/C20H25N3O2/c21-13-12-15-8-10-17(11-9-15)22-19(24)18-7-3-4-14-23(18)20(25)16-5-1-2-6-16/h8-11,16,18H,1-7,12,14H2,(H,22,24). The molecule has 1 unspecified atom stereocenters. The number of nitrogens with one attached hydrogen (secondary N) is 1. The number of nitrogens with zero attached hydrogens (tertiary/aromatic N) is 2. The highest BCUT2D eigenvalue weighted by molar-refractivity contribution is 5.97. The molecule has 1 heterocycles. The number of nitriles is 1. The lowest BCUT2D eigenvalue weighted by atomic mass is 9.97. The first kappa shape index (κ1) is 17.5. The average molecular weight is 339 g/mol. The molecule has 0 aromatic heterocycles. The Bertz CT molecular complexity index is 657. The Hall–Kier alpha value is -2.35. The van der Waals surface area contributed by atoms with Crippen LogP contribution in [-0.4, -0.2) is 29.3 Å². The number of anilines is 1. The number of piperidine rings is 1. The Kier molecular flexibility index (Phi) is 5.70. The molecule has 1 saturated carbocycles. The van der Waals surface area contributed by atoms with Crippen LogP contribution in [0.4, 0.5) is 5.69 Å². The second-order valence-electron chi connectivity index (χ2n) is 7.05. The van der Waals surface area contributed by atoms with Crippen molar-refractivity contribution in [2.75, 3.05) is 11.9 Å². The summed E-state index contributed by atoms with van der Waals surface area (Å²) in [6, 6.07) is 9.08. The molecule has 5 nitrogen and oxygen atoms in total. The highest BCUT2D eigenvalue weighted by Gasteiger charge is 2.36. The minimum Gasteiger partial charge on any atom is -0.330 e. The first-order valence-electron chi connectivity index (χ1n) is 9.26. The van der Waals surface area contributed by atoms with Crippen LogP contribution in [0.15, 0.2) is 24.3 Å². The van der Waals surface area contributed by atoms with E-state index in [4.69, 9.17) is 5.26 Å². The Labute approximate surface area is 149 Å². The number of amides is 2. The minimum atomic E-state index is -0.361. The number of hydrogen-bond donors (Lipinski definition) is 1. The van der Waals surface area contributed by atoms with Crippen LogP contribution in [0, 0.1) is 17.2 Å². The number of hydrogen-bond acceptors (Lipinski definition) is 3. The van der Waals surface area contributed by atoms with Crippen LogP contribution >= 0.6 is 0 Å². The van der Waals surface area contributed by atoms with E-state index in [-0.39, 0.29) is 23.8 Å². The van der Waals surface area contributed by atoms with E-state index in [1.807, 2.05) is 29.2 Å². The monoisotopic (exact) mass is 339 g/mol. The van der Waals surface area contributed by atoms with Gasteiger partial charge in [0.15, 0.2) is 0 Å². The SMILES string of the molecule is N#CCc1ccc(NC(=O)C2CCCCN2C(=O)C2CCCC2)cc1. The molecule has 0 spiro atoms. The van der Waals surface area contributed by atoms with Crippen molar-refractivity contribution in [3.05, 3.63) is 29.8 Å². The molecule has 2 fully saturated rings. The maximum absolute atomic E-state index is 12.8. The van der Waals surface area contributed by atoms with Gasteiger partial charge in [0.05, 0.1) is 12.5 Å². The van der Waals surface area contributed by atoms with Crippen molar-refractivity contribution in [2.45, 2.75) is 57.4 Å². The van der Waals surface area contributed by atoms with Crippen molar-refractivity contribution in [3.8, 4) is 6.07 Å². The van der Waals surface area contributed by atoms with E-state index < -0.39 is 0 Å². The van der Waals surface area contributed by atoms with E-state index in [2.05, 4.69) is 11.4 Å². The molecule has 3 rings (SSSR count). The summed E-state index contributed by atoms with van der Waals surface area (Å²) in [5, 5.41) is 11.7. The minimum absolute atomic E-state index is 0.0981. The van der Waals surface area contributed by atoms with Crippen LogP contribution in [0.2, 0.25) is 0 Å². The molecule has 1 aliphatic carbocycles. The van der Waals surface area contributed by atoms with Crippen molar-refractivity contribution in [2.24, 2.45) is 5.92 Å². The number of likely N-dealkylation sites (tertiary alicyclic amines) is 1. The van der Waals surface area contributed by atoms with Crippen molar-refractivity contribution in [1.82, 2.24) is 4.90 Å². The summed E-state index contributed by atoms with van der Waals surface area (Å²) in [6.45, 7) is 0.689. The molecule has 2 amide bonds. The zero-order chi connectivity index (χ0) is 17.6. The summed E-state index contributed by atoms with van der Waals surface area (Å²) < 4.78 is 0. The quantitative estimate of drug-likeness (QED) is 0.915. The fourth-order valence-corrected chi connectivity index (χ4v) is 3.90. The van der Waals surface area contributed by atoms with Gasteiger partial charge in [-0.3, -0.25) is 9.59 Å². The molecule has 25 heavy (non-hydrogen) atoms. The van der Waals surface area contributed by atoms with E-state index in [9.17, 15) is 9.59 Å². The Morgan fingerprint density at radius 1 is 1.08 bits per heavy atom. The fourth-order valence-electron chi connectivity index (χ4n) is 3.90. The lowest BCUT2D eigenvalue weighted by Gasteiger charge is -2.36. The third-order valence-electron chi connectivity index (χ3n) is 5.30. The average Bonchev–Trinajstić information content (AvgIpc) is 3.17.